The molecule has 0 aliphatic heterocycles. The summed E-state index contributed by atoms with van der Waals surface area (Å²) in [4.78, 5) is 10.2. The first kappa shape index (κ1) is 9.99. The standard InChI is InChI=1S/C9H6FNO3/c10-7-2-1-6(4-11)8(3-7)14-5-9(12)13/h1-3H,5H2,(H,12,13). The molecule has 5 heteroatoms. The van der Waals surface area contributed by atoms with E-state index in [1.165, 1.54) is 6.07 Å². The van der Waals surface area contributed by atoms with E-state index in [-0.39, 0.29) is 11.3 Å². The molecule has 0 amide bonds. The molecule has 0 aliphatic carbocycles. The molecule has 0 spiro atoms. The van der Waals surface area contributed by atoms with Crippen molar-refractivity contribution in [3.05, 3.63) is 29.6 Å². The number of benzene rings is 1. The van der Waals surface area contributed by atoms with Crippen molar-refractivity contribution in [1.29, 1.82) is 5.26 Å². The molecule has 72 valence electrons. The van der Waals surface area contributed by atoms with E-state index in [1.807, 2.05) is 0 Å². The first-order valence-corrected chi connectivity index (χ1v) is 3.67. The molecule has 1 N–H and O–H groups in total. The first-order chi connectivity index (χ1) is 6.63. The highest BCUT2D eigenvalue weighted by Gasteiger charge is 2.06. The summed E-state index contributed by atoms with van der Waals surface area (Å²) >= 11 is 0. The van der Waals surface area contributed by atoms with Gasteiger partial charge in [0.05, 0.1) is 5.56 Å². The lowest BCUT2D eigenvalue weighted by Gasteiger charge is -2.04. The fourth-order valence-electron chi connectivity index (χ4n) is 0.847. The van der Waals surface area contributed by atoms with Gasteiger partial charge in [0.25, 0.3) is 0 Å². The van der Waals surface area contributed by atoms with Gasteiger partial charge in [-0.15, -0.1) is 0 Å². The largest absolute Gasteiger partial charge is 0.480 e. The maximum Gasteiger partial charge on any atom is 0.341 e. The van der Waals surface area contributed by atoms with Gasteiger partial charge in [0.1, 0.15) is 17.6 Å². The van der Waals surface area contributed by atoms with Gasteiger partial charge in [-0.1, -0.05) is 0 Å². The zero-order valence-electron chi connectivity index (χ0n) is 7.03. The average molecular weight is 195 g/mol. The zero-order chi connectivity index (χ0) is 10.6. The van der Waals surface area contributed by atoms with Gasteiger partial charge < -0.3 is 9.84 Å². The Hall–Kier alpha value is -2.09. The van der Waals surface area contributed by atoms with Crippen molar-refractivity contribution in [2.75, 3.05) is 6.61 Å². The van der Waals surface area contributed by atoms with Crippen LogP contribution in [-0.2, 0) is 4.79 Å². The van der Waals surface area contributed by atoms with Crippen LogP contribution in [0.15, 0.2) is 18.2 Å². The van der Waals surface area contributed by atoms with Crippen LogP contribution in [0.4, 0.5) is 4.39 Å². The van der Waals surface area contributed by atoms with Crippen LogP contribution in [0.2, 0.25) is 0 Å². The Kier molecular flexibility index (Phi) is 3.02. The monoisotopic (exact) mass is 195 g/mol. The van der Waals surface area contributed by atoms with Crippen LogP contribution >= 0.6 is 0 Å². The van der Waals surface area contributed by atoms with Crippen molar-refractivity contribution >= 4 is 5.97 Å². The van der Waals surface area contributed by atoms with E-state index in [1.54, 1.807) is 6.07 Å². The zero-order valence-corrected chi connectivity index (χ0v) is 7.03. The molecule has 4 nitrogen and oxygen atoms in total. The molecule has 0 unspecified atom stereocenters. The van der Waals surface area contributed by atoms with Crippen molar-refractivity contribution in [2.45, 2.75) is 0 Å². The van der Waals surface area contributed by atoms with Gasteiger partial charge in [0.15, 0.2) is 6.61 Å². The van der Waals surface area contributed by atoms with Gasteiger partial charge in [-0.25, -0.2) is 9.18 Å². The fraction of sp³-hybridized carbons (Fsp3) is 0.111. The summed E-state index contributed by atoms with van der Waals surface area (Å²) < 4.78 is 17.4. The molecule has 0 fully saturated rings. The molecule has 14 heavy (non-hydrogen) atoms. The Labute approximate surface area is 79.2 Å². The number of nitriles is 1. The second kappa shape index (κ2) is 4.23. The lowest BCUT2D eigenvalue weighted by Crippen LogP contribution is -2.10. The van der Waals surface area contributed by atoms with Crippen LogP contribution < -0.4 is 4.74 Å². The molecule has 1 aromatic rings. The second-order valence-corrected chi connectivity index (χ2v) is 2.43. The summed E-state index contributed by atoms with van der Waals surface area (Å²) in [6, 6.07) is 5.07. The van der Waals surface area contributed by atoms with Crippen LogP contribution in [0, 0.1) is 17.1 Å². The highest BCUT2D eigenvalue weighted by Crippen LogP contribution is 2.18. The average Bonchev–Trinajstić information content (AvgIpc) is 2.15. The van der Waals surface area contributed by atoms with Crippen LogP contribution in [0.1, 0.15) is 5.56 Å². The molecular formula is C9H6FNO3. The highest BCUT2D eigenvalue weighted by atomic mass is 19.1. The van der Waals surface area contributed by atoms with Gasteiger partial charge >= 0.3 is 5.97 Å². The SMILES string of the molecule is N#Cc1ccc(F)cc1OCC(=O)O. The van der Waals surface area contributed by atoms with Crippen LogP contribution in [0.25, 0.3) is 0 Å². The van der Waals surface area contributed by atoms with Crippen LogP contribution in [0.5, 0.6) is 5.75 Å². The van der Waals surface area contributed by atoms with E-state index < -0.39 is 18.4 Å². The predicted molar refractivity (Wildman–Crippen MR) is 44.2 cm³/mol. The maximum atomic E-state index is 12.7. The van der Waals surface area contributed by atoms with E-state index >= 15 is 0 Å². The molecular weight excluding hydrogens is 189 g/mol. The molecule has 0 saturated carbocycles. The summed E-state index contributed by atoms with van der Waals surface area (Å²) in [6.07, 6.45) is 0. The summed E-state index contributed by atoms with van der Waals surface area (Å²) in [7, 11) is 0. The number of hydrogen-bond donors (Lipinski definition) is 1. The van der Waals surface area contributed by atoms with Gasteiger partial charge in [-0.2, -0.15) is 5.26 Å². The Morgan fingerprint density at radius 2 is 2.36 bits per heavy atom. The van der Waals surface area contributed by atoms with Crippen molar-refractivity contribution < 1.29 is 19.0 Å². The van der Waals surface area contributed by atoms with Gasteiger partial charge in [-0.3, -0.25) is 0 Å². The van der Waals surface area contributed by atoms with Crippen LogP contribution in [-0.4, -0.2) is 17.7 Å². The molecule has 0 radical (unpaired) electrons. The number of halogens is 1. The normalized spacial score (nSPS) is 9.14. The number of carboxylic acids is 1. The molecule has 0 saturated heterocycles. The van der Waals surface area contributed by atoms with Crippen LogP contribution in [0.3, 0.4) is 0 Å². The second-order valence-electron chi connectivity index (χ2n) is 2.43. The molecule has 1 aromatic carbocycles. The third kappa shape index (κ3) is 2.45. The Morgan fingerprint density at radius 3 is 2.93 bits per heavy atom. The smallest absolute Gasteiger partial charge is 0.341 e. The minimum absolute atomic E-state index is 0.0603. The first-order valence-electron chi connectivity index (χ1n) is 3.67. The van der Waals surface area contributed by atoms with E-state index in [2.05, 4.69) is 0 Å². The number of aliphatic carboxylic acids is 1. The highest BCUT2D eigenvalue weighted by molar-refractivity contribution is 5.68. The van der Waals surface area contributed by atoms with Gasteiger partial charge in [-0.05, 0) is 12.1 Å². The summed E-state index contributed by atoms with van der Waals surface area (Å²) in [6.45, 7) is -0.599. The Balaban J connectivity index is 2.89. The number of hydrogen-bond acceptors (Lipinski definition) is 3. The van der Waals surface area contributed by atoms with Gasteiger partial charge in [0, 0.05) is 6.07 Å². The van der Waals surface area contributed by atoms with Crippen molar-refractivity contribution in [3.8, 4) is 11.8 Å². The summed E-state index contributed by atoms with van der Waals surface area (Å²) in [5, 5.41) is 16.9. The Bertz CT molecular complexity index is 398. The van der Waals surface area contributed by atoms with E-state index in [0.29, 0.717) is 0 Å². The van der Waals surface area contributed by atoms with E-state index in [0.717, 1.165) is 12.1 Å². The summed E-state index contributed by atoms with van der Waals surface area (Å²) in [5.41, 5.74) is 0.104. The molecule has 1 rings (SSSR count). The van der Waals surface area contributed by atoms with E-state index in [4.69, 9.17) is 15.1 Å². The fourth-order valence-corrected chi connectivity index (χ4v) is 0.847. The number of nitrogens with zero attached hydrogens (tertiary/aromatic N) is 1. The van der Waals surface area contributed by atoms with Gasteiger partial charge in [0.2, 0.25) is 0 Å². The van der Waals surface area contributed by atoms with E-state index in [9.17, 15) is 9.18 Å². The minimum Gasteiger partial charge on any atom is -0.480 e. The molecule has 0 bridgehead atoms. The Morgan fingerprint density at radius 1 is 1.64 bits per heavy atom. The minimum atomic E-state index is -1.18. The molecule has 0 aromatic heterocycles. The lowest BCUT2D eigenvalue weighted by atomic mass is 10.2. The molecule has 0 atom stereocenters. The van der Waals surface area contributed by atoms with Crippen molar-refractivity contribution in [3.63, 3.8) is 0 Å². The predicted octanol–water partition coefficient (Wildman–Crippen LogP) is 1.16. The van der Waals surface area contributed by atoms with Crippen molar-refractivity contribution in [2.24, 2.45) is 0 Å². The number of rotatable bonds is 3. The third-order valence-corrected chi connectivity index (χ3v) is 1.42. The lowest BCUT2D eigenvalue weighted by molar-refractivity contribution is -0.139. The number of carboxylic acid groups (broad SMARTS) is 1. The maximum absolute atomic E-state index is 12.7. The number of ether oxygens (including phenoxy) is 1. The summed E-state index contributed by atoms with van der Waals surface area (Å²) in [5.74, 6) is -1.82. The third-order valence-electron chi connectivity index (χ3n) is 1.42. The topological polar surface area (TPSA) is 70.3 Å². The van der Waals surface area contributed by atoms with Crippen molar-refractivity contribution in [1.82, 2.24) is 0 Å². The number of carbonyl (C=O) groups is 1. The molecule has 0 heterocycles. The molecule has 0 aliphatic rings. The quantitative estimate of drug-likeness (QED) is 0.785.